The first-order chi connectivity index (χ1) is 44.2. The van der Waals surface area contributed by atoms with Crippen LogP contribution in [0.1, 0.15) is 73.1 Å². The third-order valence-corrected chi connectivity index (χ3v) is 15.0. The number of nitrogens with two attached hydrogens (primary N) is 1. The Balaban J connectivity index is 0.000000209. The number of rotatable bonds is 9. The van der Waals surface area contributed by atoms with E-state index >= 15 is 0 Å². The second kappa shape index (κ2) is 36.3. The van der Waals surface area contributed by atoms with Crippen molar-refractivity contribution in [3.8, 4) is 40.7 Å². The number of ketones is 3. The normalized spacial score (nSPS) is 10.1. The lowest BCUT2D eigenvalue weighted by Crippen LogP contribution is -1.97. The Hall–Kier alpha value is -8.95. The van der Waals surface area contributed by atoms with Crippen molar-refractivity contribution in [1.29, 1.82) is 15.8 Å². The van der Waals surface area contributed by atoms with E-state index in [0.717, 1.165) is 47.5 Å². The van der Waals surface area contributed by atoms with Crippen LogP contribution in [0.15, 0.2) is 147 Å². The quantitative estimate of drug-likeness (QED) is 0.0198. The Bertz CT molecular complexity index is 4680. The molecule has 0 saturated carbocycles. The number of hydrogen-bond acceptors (Lipinski definition) is 23. The number of Topliss-reactive ketones (excluding diaryl/α,β-unsaturated/α-hetero) is 3. The molecular formula is C59H36Br5ClF5N13O8S2. The zero-order valence-corrected chi connectivity index (χ0v) is 57.4. The summed E-state index contributed by atoms with van der Waals surface area (Å²) in [4.78, 5) is 70.9. The van der Waals surface area contributed by atoms with Gasteiger partial charge in [0.1, 0.15) is 86.4 Å². The molecule has 9 heterocycles. The summed E-state index contributed by atoms with van der Waals surface area (Å²) in [5.41, 5.74) is 10.0. The van der Waals surface area contributed by atoms with Crippen LogP contribution in [0.3, 0.4) is 0 Å². The predicted octanol–water partition coefficient (Wildman–Crippen LogP) is 16.5. The summed E-state index contributed by atoms with van der Waals surface area (Å²) in [5, 5.41) is 50.1. The van der Waals surface area contributed by atoms with Crippen molar-refractivity contribution < 1.29 is 60.3 Å². The molecule has 11 aromatic rings. The number of oxime groups is 1. The standard InChI is InChI=1S/C19H10BrFN4O2S.C10H4ClFN2S.C9H7BrN2O2.C6H4BrFN2O.C6H2BrFN2.C6H3BrFNO.C3H6O2/c1-9(26)18-17(12-6-15(20)23-8-13(12)27-18)25-19-24-16(14(7-22)28-19)10-2-4-11(21)5-3-10;11-10-14-9(8(5-13)15-10)6-1-3-7(12)4-2-6;1-4(13)9-8(11)5-2-7(10)12-3-6(5)14-9;7-6-1-4(2-10-11)5(8)3-9-6;7-6-1-4(2-9)5(8)3-10-6;7-6-1-4(3-10)5(8)2-9-6;1-3(5)2-4/h2-6,8H,1H3,(H,24,25);1-4H;2-3H,11H2,1H3;1-3,11H;1,3H;1-3H;4H,2H2,1H3/b;;;10-2+;;;. The third kappa shape index (κ3) is 22.1. The molecule has 0 saturated heterocycles. The maximum Gasteiger partial charge on any atom is 0.197 e. The van der Waals surface area contributed by atoms with Gasteiger partial charge in [0, 0.05) is 41.3 Å². The summed E-state index contributed by atoms with van der Waals surface area (Å²) in [6.07, 6.45) is 7.53. The number of benzene rings is 2. The van der Waals surface area contributed by atoms with E-state index in [1.54, 1.807) is 42.5 Å². The van der Waals surface area contributed by atoms with Crippen LogP contribution in [-0.4, -0.2) is 81.7 Å². The molecule has 0 aliphatic carbocycles. The number of carbonyl (C=O) groups is 4. The second-order valence-corrected chi connectivity index (χ2v) is 24.0. The van der Waals surface area contributed by atoms with Gasteiger partial charge >= 0.3 is 0 Å². The van der Waals surface area contributed by atoms with Gasteiger partial charge in [-0.3, -0.25) is 19.2 Å². The van der Waals surface area contributed by atoms with E-state index < -0.39 is 17.5 Å². The number of anilines is 3. The van der Waals surface area contributed by atoms with Crippen molar-refractivity contribution in [1.82, 2.24) is 34.9 Å². The molecule has 5 N–H and O–H groups in total. The van der Waals surface area contributed by atoms with Gasteiger partial charge in [-0.25, -0.2) is 56.8 Å². The van der Waals surface area contributed by atoms with Crippen LogP contribution < -0.4 is 11.1 Å². The molecule has 0 aliphatic heterocycles. The molecule has 93 heavy (non-hydrogen) atoms. The number of hydrogen-bond donors (Lipinski definition) is 4. The maximum atomic E-state index is 13.2. The minimum atomic E-state index is -0.599. The van der Waals surface area contributed by atoms with E-state index in [1.165, 1.54) is 75.6 Å². The van der Waals surface area contributed by atoms with Crippen LogP contribution in [0.25, 0.3) is 44.5 Å². The van der Waals surface area contributed by atoms with E-state index in [0.29, 0.717) is 104 Å². The molecule has 0 aliphatic rings. The highest BCUT2D eigenvalue weighted by Gasteiger charge is 2.22. The van der Waals surface area contributed by atoms with E-state index in [9.17, 15) is 46.4 Å². The van der Waals surface area contributed by atoms with Gasteiger partial charge in [-0.2, -0.15) is 15.8 Å². The Labute approximate surface area is 577 Å². The van der Waals surface area contributed by atoms with Gasteiger partial charge in [-0.05, 0) is 165 Å². The van der Waals surface area contributed by atoms with E-state index in [4.69, 9.17) is 47.0 Å². The van der Waals surface area contributed by atoms with E-state index in [2.05, 4.69) is 131 Å². The first-order valence-corrected chi connectivity index (χ1v) is 31.0. The van der Waals surface area contributed by atoms with Crippen LogP contribution >= 0.6 is 114 Å². The highest BCUT2D eigenvalue weighted by Crippen LogP contribution is 2.38. The average molecular weight is 1650 g/mol. The SMILES string of the molecule is CC(=O)CO.CC(=O)c1oc2cnc(Br)cc2c1N.CC(=O)c1oc2cnc(Br)cc2c1Nc1nc(-c2ccc(F)cc2)c(C#N)s1.N#Cc1cc(Br)ncc1F.N#Cc1sc(Cl)nc1-c1ccc(F)cc1.O/N=C/c1cc(Br)ncc1F.O=Cc1cc(Br)ncc1F. The van der Waals surface area contributed by atoms with Gasteiger partial charge in [-0.1, -0.05) is 39.4 Å². The Morgan fingerprint density at radius 2 is 1.06 bits per heavy atom. The summed E-state index contributed by atoms with van der Waals surface area (Å²) in [7, 11) is 0. The Morgan fingerprint density at radius 3 is 1.53 bits per heavy atom. The summed E-state index contributed by atoms with van der Waals surface area (Å²) >= 11 is 23.5. The maximum absolute atomic E-state index is 13.2. The summed E-state index contributed by atoms with van der Waals surface area (Å²) in [6.45, 7) is 3.81. The number of thiazole rings is 2. The lowest BCUT2D eigenvalue weighted by atomic mass is 10.1. The van der Waals surface area contributed by atoms with Crippen molar-refractivity contribution in [2.45, 2.75) is 20.8 Å². The summed E-state index contributed by atoms with van der Waals surface area (Å²) in [5.74, 6) is -2.70. The highest BCUT2D eigenvalue weighted by atomic mass is 79.9. The number of fused-ring (bicyclic) bond motifs is 2. The molecule has 474 valence electrons. The summed E-state index contributed by atoms with van der Waals surface area (Å²) in [6, 6.07) is 24.9. The largest absolute Gasteiger partial charge is 0.449 e. The molecule has 34 heteroatoms. The first kappa shape index (κ1) is 74.8. The smallest absolute Gasteiger partial charge is 0.197 e. The molecule has 0 atom stereocenters. The van der Waals surface area contributed by atoms with Gasteiger partial charge in [0.15, 0.2) is 67.6 Å². The van der Waals surface area contributed by atoms with Crippen LogP contribution in [-0.2, 0) is 4.79 Å². The topological polar surface area (TPSA) is 347 Å². The lowest BCUT2D eigenvalue weighted by Gasteiger charge is -2.02. The van der Waals surface area contributed by atoms with Crippen molar-refractivity contribution in [2.24, 2.45) is 5.16 Å². The number of nitrogens with one attached hydrogen (secondary N) is 1. The van der Waals surface area contributed by atoms with Crippen molar-refractivity contribution >= 4 is 182 Å². The molecular weight excluding hydrogens is 1610 g/mol. The zero-order valence-electron chi connectivity index (χ0n) is 47.1. The van der Waals surface area contributed by atoms with E-state index in [-0.39, 0.29) is 63.8 Å². The number of nitriles is 3. The number of carbonyl (C=O) groups excluding carboxylic acids is 4. The number of aliphatic hydroxyl groups is 1. The fourth-order valence-electron chi connectivity index (χ4n) is 6.75. The fourth-order valence-corrected chi connectivity index (χ4v) is 10.2. The van der Waals surface area contributed by atoms with Crippen LogP contribution in [0.2, 0.25) is 4.47 Å². The number of aromatic nitrogens is 7. The number of aliphatic hydroxyl groups excluding tert-OH is 1. The van der Waals surface area contributed by atoms with Gasteiger partial charge < -0.3 is 30.2 Å². The zero-order chi connectivity index (χ0) is 68.6. The number of nitrogen functional groups attached to an aromatic ring is 1. The van der Waals surface area contributed by atoms with Crippen LogP contribution in [0.5, 0.6) is 0 Å². The monoisotopic (exact) mass is 1640 g/mol. The molecule has 11 rings (SSSR count). The molecule has 21 nitrogen and oxygen atoms in total. The first-order valence-electron chi connectivity index (χ1n) is 25.0. The molecule has 0 fully saturated rings. The molecule has 0 unspecified atom stereocenters. The molecule has 9 aromatic heterocycles. The average Bonchev–Trinajstić information content (AvgIpc) is 1.65. The molecule has 0 radical (unpaired) electrons. The predicted molar refractivity (Wildman–Crippen MR) is 354 cm³/mol. The second-order valence-electron chi connectivity index (χ2n) is 17.4. The number of halogens is 11. The number of aldehydes is 1. The number of pyridine rings is 5. The molecule has 2 aromatic carbocycles. The fraction of sp³-hybridized carbons (Fsp3) is 0.0678. The third-order valence-electron chi connectivity index (χ3n) is 10.9. The van der Waals surface area contributed by atoms with Gasteiger partial charge in [0.25, 0.3) is 0 Å². The number of nitrogens with zero attached hydrogens (tertiary/aromatic N) is 11. The molecule has 0 spiro atoms. The van der Waals surface area contributed by atoms with Crippen molar-refractivity contribution in [3.05, 3.63) is 204 Å². The van der Waals surface area contributed by atoms with E-state index in [1.807, 2.05) is 6.07 Å². The van der Waals surface area contributed by atoms with Gasteiger partial charge in [-0.15, -0.1) is 0 Å². The minimum Gasteiger partial charge on any atom is -0.449 e. The van der Waals surface area contributed by atoms with Crippen molar-refractivity contribution in [3.63, 3.8) is 0 Å². The highest BCUT2D eigenvalue weighted by molar-refractivity contribution is 9.11. The van der Waals surface area contributed by atoms with Gasteiger partial charge in [0.05, 0.1) is 59.7 Å². The summed E-state index contributed by atoms with van der Waals surface area (Å²) < 4.78 is 77.3. The molecule has 0 amide bonds. The minimum absolute atomic E-state index is 0.00174. The lowest BCUT2D eigenvalue weighted by molar-refractivity contribution is -0.119. The van der Waals surface area contributed by atoms with Crippen LogP contribution in [0, 0.1) is 63.1 Å². The van der Waals surface area contributed by atoms with Gasteiger partial charge in [0.2, 0.25) is 0 Å². The molecule has 0 bridgehead atoms. The van der Waals surface area contributed by atoms with Crippen molar-refractivity contribution in [2.75, 3.05) is 17.7 Å². The number of furan rings is 2. The Kier molecular flexibility index (Phi) is 29.2. The Morgan fingerprint density at radius 1 is 0.634 bits per heavy atom. The van der Waals surface area contributed by atoms with Crippen LogP contribution in [0.4, 0.5) is 38.5 Å².